The van der Waals surface area contributed by atoms with Gasteiger partial charge < -0.3 is 4.42 Å². The van der Waals surface area contributed by atoms with Crippen molar-refractivity contribution in [3.05, 3.63) is 52.0 Å². The summed E-state index contributed by atoms with van der Waals surface area (Å²) in [4.78, 5) is 24.4. The summed E-state index contributed by atoms with van der Waals surface area (Å²) in [6, 6.07) is 5.70. The minimum Gasteiger partial charge on any atom is -0.462 e. The maximum absolute atomic E-state index is 13.2. The zero-order chi connectivity index (χ0) is 18.8. The van der Waals surface area contributed by atoms with E-state index in [1.54, 1.807) is 24.5 Å². The van der Waals surface area contributed by atoms with Gasteiger partial charge in [0.05, 0.1) is 15.6 Å². The molecule has 140 valence electrons. The lowest BCUT2D eigenvalue weighted by molar-refractivity contribution is -0.124. The highest BCUT2D eigenvalue weighted by atomic mass is 35.5. The molecule has 5 nitrogen and oxygen atoms in total. The molecule has 27 heavy (non-hydrogen) atoms. The number of rotatable bonds is 3. The number of pyridine rings is 1. The van der Waals surface area contributed by atoms with Gasteiger partial charge in [-0.05, 0) is 49.7 Å². The topological polar surface area (TPSA) is 58.7 Å². The summed E-state index contributed by atoms with van der Waals surface area (Å²) in [5.74, 6) is 1.49. The van der Waals surface area contributed by atoms with Gasteiger partial charge in [-0.2, -0.15) is 0 Å². The van der Waals surface area contributed by atoms with Crippen molar-refractivity contribution in [3.8, 4) is 0 Å². The van der Waals surface area contributed by atoms with Crippen molar-refractivity contribution in [1.29, 1.82) is 0 Å². The van der Waals surface area contributed by atoms with E-state index in [1.165, 1.54) is 18.2 Å². The Morgan fingerprint density at radius 3 is 2.81 bits per heavy atom. The maximum atomic E-state index is 13.2. The van der Waals surface area contributed by atoms with E-state index in [4.69, 9.17) is 21.0 Å². The molecule has 7 heteroatoms. The average molecular weight is 402 g/mol. The summed E-state index contributed by atoms with van der Waals surface area (Å²) < 4.78 is 5.62. The predicted molar refractivity (Wildman–Crippen MR) is 109 cm³/mol. The van der Waals surface area contributed by atoms with Crippen LogP contribution in [-0.4, -0.2) is 27.0 Å². The lowest BCUT2D eigenvalue weighted by atomic mass is 9.94. The minimum atomic E-state index is -0.00937. The quantitative estimate of drug-likeness (QED) is 0.630. The van der Waals surface area contributed by atoms with Gasteiger partial charge in [0.15, 0.2) is 5.17 Å². The zero-order valence-electron chi connectivity index (χ0n) is 15.0. The minimum absolute atomic E-state index is 0.00937. The standard InChI is InChI=1S/C20H20ClN3O2S/c1-13-7-8-15(26-13)11-18-19(25)24(14-5-3-2-4-6-14)20(27-18)23-17-9-10-22-12-16(17)21/h7-12,14H,2-6H2,1H3/b18-11+,23-20?. The SMILES string of the molecule is Cc1ccc(/C=C2/SC(=Nc3ccncc3Cl)N(C3CCCCC3)C2=O)o1. The highest BCUT2D eigenvalue weighted by molar-refractivity contribution is 8.18. The van der Waals surface area contributed by atoms with Crippen LogP contribution in [0, 0.1) is 6.92 Å². The number of amides is 1. The number of carbonyl (C=O) groups excluding carboxylic acids is 1. The number of aromatic nitrogens is 1. The van der Waals surface area contributed by atoms with Crippen LogP contribution in [0.2, 0.25) is 5.02 Å². The molecule has 0 bridgehead atoms. The fraction of sp³-hybridized carbons (Fsp3) is 0.350. The van der Waals surface area contributed by atoms with Crippen LogP contribution in [0.1, 0.15) is 43.6 Å². The fourth-order valence-corrected chi connectivity index (χ4v) is 4.64. The Morgan fingerprint density at radius 2 is 2.11 bits per heavy atom. The Morgan fingerprint density at radius 1 is 1.30 bits per heavy atom. The zero-order valence-corrected chi connectivity index (χ0v) is 16.6. The third-order valence-electron chi connectivity index (χ3n) is 4.78. The van der Waals surface area contributed by atoms with E-state index in [0.29, 0.717) is 26.5 Å². The molecule has 0 N–H and O–H groups in total. The number of furan rings is 1. The molecule has 0 radical (unpaired) electrons. The number of amidine groups is 1. The van der Waals surface area contributed by atoms with Gasteiger partial charge in [-0.25, -0.2) is 4.99 Å². The van der Waals surface area contributed by atoms with Crippen LogP contribution in [0.5, 0.6) is 0 Å². The van der Waals surface area contributed by atoms with Gasteiger partial charge in [0.1, 0.15) is 11.5 Å². The molecule has 2 fully saturated rings. The highest BCUT2D eigenvalue weighted by Gasteiger charge is 2.38. The summed E-state index contributed by atoms with van der Waals surface area (Å²) >= 11 is 7.61. The van der Waals surface area contributed by atoms with E-state index >= 15 is 0 Å². The first-order valence-electron chi connectivity index (χ1n) is 9.09. The number of nitrogens with zero attached hydrogens (tertiary/aromatic N) is 3. The van der Waals surface area contributed by atoms with Crippen molar-refractivity contribution in [2.45, 2.75) is 45.1 Å². The van der Waals surface area contributed by atoms with Crippen molar-refractivity contribution in [2.24, 2.45) is 4.99 Å². The molecule has 3 heterocycles. The molecule has 2 aliphatic rings. The van der Waals surface area contributed by atoms with Gasteiger partial charge >= 0.3 is 0 Å². The number of aryl methyl sites for hydroxylation is 1. The number of hydrogen-bond donors (Lipinski definition) is 0. The first-order valence-corrected chi connectivity index (χ1v) is 10.3. The smallest absolute Gasteiger partial charge is 0.267 e. The molecule has 0 unspecified atom stereocenters. The second kappa shape index (κ2) is 7.90. The molecule has 1 saturated heterocycles. The van der Waals surface area contributed by atoms with Gasteiger partial charge in [-0.3, -0.25) is 14.7 Å². The molecule has 0 atom stereocenters. The average Bonchev–Trinajstić information content (AvgIpc) is 3.21. The van der Waals surface area contributed by atoms with Crippen molar-refractivity contribution in [3.63, 3.8) is 0 Å². The molecule has 4 rings (SSSR count). The Labute approximate surface area is 167 Å². The second-order valence-electron chi connectivity index (χ2n) is 6.75. The van der Waals surface area contributed by atoms with E-state index in [1.807, 2.05) is 24.0 Å². The van der Waals surface area contributed by atoms with Crippen molar-refractivity contribution in [2.75, 3.05) is 0 Å². The number of halogens is 1. The van der Waals surface area contributed by atoms with Gasteiger partial charge in [0.2, 0.25) is 0 Å². The van der Waals surface area contributed by atoms with Crippen molar-refractivity contribution < 1.29 is 9.21 Å². The summed E-state index contributed by atoms with van der Waals surface area (Å²) in [6.45, 7) is 1.89. The van der Waals surface area contributed by atoms with Crippen LogP contribution >= 0.6 is 23.4 Å². The fourth-order valence-electron chi connectivity index (χ4n) is 3.45. The van der Waals surface area contributed by atoms with Crippen LogP contribution < -0.4 is 0 Å². The first-order chi connectivity index (χ1) is 13.1. The van der Waals surface area contributed by atoms with Gasteiger partial charge in [0.25, 0.3) is 5.91 Å². The van der Waals surface area contributed by atoms with E-state index < -0.39 is 0 Å². The maximum Gasteiger partial charge on any atom is 0.267 e. The van der Waals surface area contributed by atoms with Crippen molar-refractivity contribution in [1.82, 2.24) is 9.88 Å². The molecule has 0 spiro atoms. The lowest BCUT2D eigenvalue weighted by Gasteiger charge is -2.30. The predicted octanol–water partition coefficient (Wildman–Crippen LogP) is 5.57. The van der Waals surface area contributed by atoms with E-state index in [2.05, 4.69) is 4.98 Å². The highest BCUT2D eigenvalue weighted by Crippen LogP contribution is 2.39. The third kappa shape index (κ3) is 3.96. The van der Waals surface area contributed by atoms with Crippen molar-refractivity contribution >= 4 is 46.2 Å². The molecule has 2 aromatic rings. The van der Waals surface area contributed by atoms with Gasteiger partial charge in [-0.15, -0.1) is 0 Å². The van der Waals surface area contributed by atoms with Crippen LogP contribution in [0.15, 0.2) is 44.9 Å². The first kappa shape index (κ1) is 18.3. The largest absolute Gasteiger partial charge is 0.462 e. The molecule has 1 aliphatic carbocycles. The van der Waals surface area contributed by atoms with Crippen LogP contribution in [-0.2, 0) is 4.79 Å². The number of thioether (sulfide) groups is 1. The third-order valence-corrected chi connectivity index (χ3v) is 6.05. The second-order valence-corrected chi connectivity index (χ2v) is 8.16. The monoisotopic (exact) mass is 401 g/mol. The molecule has 1 saturated carbocycles. The summed E-state index contributed by atoms with van der Waals surface area (Å²) in [7, 11) is 0. The molecule has 1 amide bonds. The lowest BCUT2D eigenvalue weighted by Crippen LogP contribution is -2.40. The van der Waals surface area contributed by atoms with Crippen LogP contribution in [0.4, 0.5) is 5.69 Å². The molecular weight excluding hydrogens is 382 g/mol. The Kier molecular flexibility index (Phi) is 5.36. The molecule has 2 aromatic heterocycles. The number of hydrogen-bond acceptors (Lipinski definition) is 5. The van der Waals surface area contributed by atoms with E-state index in [0.717, 1.165) is 31.4 Å². The Hall–Kier alpha value is -2.05. The molecule has 1 aliphatic heterocycles. The Bertz CT molecular complexity index is 915. The number of aliphatic imine (C=N–C) groups is 1. The van der Waals surface area contributed by atoms with E-state index in [-0.39, 0.29) is 11.9 Å². The van der Waals surface area contributed by atoms with Gasteiger partial charge in [-0.1, -0.05) is 30.9 Å². The number of carbonyl (C=O) groups is 1. The summed E-state index contributed by atoms with van der Waals surface area (Å²) in [6.07, 6.45) is 10.5. The summed E-state index contributed by atoms with van der Waals surface area (Å²) in [5.41, 5.74) is 0.623. The molecular formula is C20H20ClN3O2S. The molecule has 0 aromatic carbocycles. The van der Waals surface area contributed by atoms with Gasteiger partial charge in [0, 0.05) is 24.5 Å². The van der Waals surface area contributed by atoms with Crippen LogP contribution in [0.25, 0.3) is 6.08 Å². The summed E-state index contributed by atoms with van der Waals surface area (Å²) in [5, 5.41) is 1.15. The normalized spacial score (nSPS) is 21.6. The van der Waals surface area contributed by atoms with E-state index in [9.17, 15) is 4.79 Å². The Balaban J connectivity index is 1.71. The van der Waals surface area contributed by atoms with Crippen LogP contribution in [0.3, 0.4) is 0 Å².